The SMILES string of the molecule is CCOC(=O)CCNc1c(Cl)cnn(CC2CC2)c1=O. The fourth-order valence-corrected chi connectivity index (χ4v) is 2.02. The lowest BCUT2D eigenvalue weighted by atomic mass is 10.3. The molecule has 0 bridgehead atoms. The molecule has 0 radical (unpaired) electrons. The van der Waals surface area contributed by atoms with Gasteiger partial charge in [0.15, 0.2) is 0 Å². The summed E-state index contributed by atoms with van der Waals surface area (Å²) < 4.78 is 6.24. The number of nitrogens with zero attached hydrogens (tertiary/aromatic N) is 2. The van der Waals surface area contributed by atoms with Crippen molar-refractivity contribution in [2.45, 2.75) is 32.7 Å². The summed E-state index contributed by atoms with van der Waals surface area (Å²) in [5.41, 5.74) is 0.0554. The van der Waals surface area contributed by atoms with Crippen LogP contribution in [-0.2, 0) is 16.1 Å². The number of halogens is 1. The van der Waals surface area contributed by atoms with Crippen molar-refractivity contribution in [3.63, 3.8) is 0 Å². The van der Waals surface area contributed by atoms with E-state index in [1.54, 1.807) is 6.92 Å². The smallest absolute Gasteiger partial charge is 0.307 e. The Labute approximate surface area is 122 Å². The molecule has 0 atom stereocenters. The minimum absolute atomic E-state index is 0.189. The Morgan fingerprint density at radius 2 is 2.35 bits per heavy atom. The zero-order chi connectivity index (χ0) is 14.5. The number of hydrogen-bond donors (Lipinski definition) is 1. The number of hydrogen-bond acceptors (Lipinski definition) is 5. The first-order valence-electron chi connectivity index (χ1n) is 6.77. The van der Waals surface area contributed by atoms with Gasteiger partial charge in [-0.05, 0) is 25.7 Å². The van der Waals surface area contributed by atoms with Crippen LogP contribution in [0.4, 0.5) is 5.69 Å². The van der Waals surface area contributed by atoms with Crippen LogP contribution in [0.5, 0.6) is 0 Å². The molecule has 0 spiro atoms. The summed E-state index contributed by atoms with van der Waals surface area (Å²) in [6, 6.07) is 0. The molecule has 1 aliphatic carbocycles. The highest BCUT2D eigenvalue weighted by Gasteiger charge is 2.23. The lowest BCUT2D eigenvalue weighted by Gasteiger charge is -2.10. The summed E-state index contributed by atoms with van der Waals surface area (Å²) in [6.45, 7) is 3.04. The maximum Gasteiger partial charge on any atom is 0.307 e. The zero-order valence-corrected chi connectivity index (χ0v) is 12.2. The Hall–Kier alpha value is -1.56. The standard InChI is InChI=1S/C13H18ClN3O3/c1-2-20-11(18)5-6-15-12-10(14)7-16-17(13(12)19)8-9-3-4-9/h7,9,15H,2-6,8H2,1H3. The molecule has 20 heavy (non-hydrogen) atoms. The van der Waals surface area contributed by atoms with Crippen LogP contribution in [0.15, 0.2) is 11.0 Å². The molecule has 0 aromatic carbocycles. The number of rotatable bonds is 7. The summed E-state index contributed by atoms with van der Waals surface area (Å²) in [5.74, 6) is 0.247. The predicted octanol–water partition coefficient (Wildman–Crippen LogP) is 1.67. The third-order valence-corrected chi connectivity index (χ3v) is 3.35. The second-order valence-electron chi connectivity index (χ2n) is 4.78. The number of nitrogens with one attached hydrogen (secondary N) is 1. The molecule has 2 rings (SSSR count). The topological polar surface area (TPSA) is 73.2 Å². The molecule has 1 heterocycles. The molecule has 1 fully saturated rings. The molecule has 6 nitrogen and oxygen atoms in total. The summed E-state index contributed by atoms with van der Waals surface area (Å²) in [6.07, 6.45) is 3.93. The second kappa shape index (κ2) is 6.74. The van der Waals surface area contributed by atoms with E-state index >= 15 is 0 Å². The van der Waals surface area contributed by atoms with E-state index in [2.05, 4.69) is 10.4 Å². The molecule has 1 aromatic rings. The molecular formula is C13H18ClN3O3. The third-order valence-electron chi connectivity index (χ3n) is 3.06. The number of carbonyl (C=O) groups is 1. The van der Waals surface area contributed by atoms with Gasteiger partial charge in [0.2, 0.25) is 0 Å². The van der Waals surface area contributed by atoms with Gasteiger partial charge in [-0.1, -0.05) is 11.6 Å². The zero-order valence-electron chi connectivity index (χ0n) is 11.4. The van der Waals surface area contributed by atoms with Crippen molar-refractivity contribution in [3.8, 4) is 0 Å². The Balaban J connectivity index is 1.98. The molecule has 0 saturated heterocycles. The van der Waals surface area contributed by atoms with E-state index in [1.165, 1.54) is 10.9 Å². The molecule has 1 saturated carbocycles. The van der Waals surface area contributed by atoms with E-state index < -0.39 is 0 Å². The third kappa shape index (κ3) is 3.96. The molecule has 0 unspecified atom stereocenters. The average Bonchev–Trinajstić information content (AvgIpc) is 3.21. The maximum absolute atomic E-state index is 12.2. The summed E-state index contributed by atoms with van der Waals surface area (Å²) >= 11 is 5.98. The number of ether oxygens (including phenoxy) is 1. The summed E-state index contributed by atoms with van der Waals surface area (Å²) in [5, 5.41) is 7.20. The molecule has 0 aliphatic heterocycles. The van der Waals surface area contributed by atoms with Gasteiger partial charge in [-0.2, -0.15) is 5.10 Å². The van der Waals surface area contributed by atoms with Gasteiger partial charge in [-0.3, -0.25) is 9.59 Å². The Morgan fingerprint density at radius 1 is 1.60 bits per heavy atom. The molecular weight excluding hydrogens is 282 g/mol. The van der Waals surface area contributed by atoms with Gasteiger partial charge >= 0.3 is 5.97 Å². The molecule has 1 aromatic heterocycles. The first-order chi connectivity index (χ1) is 9.61. The van der Waals surface area contributed by atoms with Crippen molar-refractivity contribution in [1.82, 2.24) is 9.78 Å². The first kappa shape index (κ1) is 14.8. The Kier molecular flexibility index (Phi) is 5.00. The minimum Gasteiger partial charge on any atom is -0.466 e. The van der Waals surface area contributed by atoms with Crippen LogP contribution < -0.4 is 10.9 Å². The van der Waals surface area contributed by atoms with Gasteiger partial charge < -0.3 is 10.1 Å². The van der Waals surface area contributed by atoms with Crippen LogP contribution in [0.1, 0.15) is 26.2 Å². The summed E-state index contributed by atoms with van der Waals surface area (Å²) in [7, 11) is 0. The molecule has 1 N–H and O–H groups in total. The number of carbonyl (C=O) groups excluding carboxylic acids is 1. The van der Waals surface area contributed by atoms with Gasteiger partial charge in [0.05, 0.1) is 24.2 Å². The lowest BCUT2D eigenvalue weighted by Crippen LogP contribution is -2.27. The fourth-order valence-electron chi connectivity index (χ4n) is 1.83. The monoisotopic (exact) mass is 299 g/mol. The van der Waals surface area contributed by atoms with Crippen LogP contribution in [0.25, 0.3) is 0 Å². The van der Waals surface area contributed by atoms with E-state index in [1.807, 2.05) is 0 Å². The molecule has 0 amide bonds. The Morgan fingerprint density at radius 3 is 3.00 bits per heavy atom. The van der Waals surface area contributed by atoms with Gasteiger partial charge in [0.1, 0.15) is 5.69 Å². The molecule has 1 aliphatic rings. The van der Waals surface area contributed by atoms with Crippen LogP contribution in [-0.4, -0.2) is 28.9 Å². The predicted molar refractivity (Wildman–Crippen MR) is 76.0 cm³/mol. The van der Waals surface area contributed by atoms with E-state index in [0.717, 1.165) is 12.8 Å². The average molecular weight is 300 g/mol. The van der Waals surface area contributed by atoms with E-state index in [-0.39, 0.29) is 23.0 Å². The van der Waals surface area contributed by atoms with Crippen molar-refractivity contribution < 1.29 is 9.53 Å². The normalized spacial score (nSPS) is 14.1. The largest absolute Gasteiger partial charge is 0.466 e. The number of aromatic nitrogens is 2. The van der Waals surface area contributed by atoms with Crippen LogP contribution in [0.3, 0.4) is 0 Å². The molecule has 7 heteroatoms. The Bertz CT molecular complexity index is 540. The first-order valence-corrected chi connectivity index (χ1v) is 7.14. The van der Waals surface area contributed by atoms with Crippen LogP contribution in [0.2, 0.25) is 5.02 Å². The second-order valence-corrected chi connectivity index (χ2v) is 5.19. The van der Waals surface area contributed by atoms with Crippen molar-refractivity contribution in [3.05, 3.63) is 21.6 Å². The van der Waals surface area contributed by atoms with Gasteiger partial charge in [0, 0.05) is 13.1 Å². The highest BCUT2D eigenvalue weighted by molar-refractivity contribution is 6.33. The maximum atomic E-state index is 12.2. The number of esters is 1. The van der Waals surface area contributed by atoms with Gasteiger partial charge in [-0.25, -0.2) is 4.68 Å². The molecule has 110 valence electrons. The highest BCUT2D eigenvalue weighted by atomic mass is 35.5. The highest BCUT2D eigenvalue weighted by Crippen LogP contribution is 2.30. The van der Waals surface area contributed by atoms with Crippen molar-refractivity contribution in [2.24, 2.45) is 5.92 Å². The van der Waals surface area contributed by atoms with Crippen molar-refractivity contribution in [1.29, 1.82) is 0 Å². The number of anilines is 1. The van der Waals surface area contributed by atoms with Crippen LogP contribution in [0, 0.1) is 5.92 Å². The van der Waals surface area contributed by atoms with Gasteiger partial charge in [-0.15, -0.1) is 0 Å². The van der Waals surface area contributed by atoms with E-state index in [9.17, 15) is 9.59 Å². The van der Waals surface area contributed by atoms with E-state index in [0.29, 0.717) is 31.3 Å². The van der Waals surface area contributed by atoms with Gasteiger partial charge in [0.25, 0.3) is 5.56 Å². The van der Waals surface area contributed by atoms with Crippen molar-refractivity contribution in [2.75, 3.05) is 18.5 Å². The van der Waals surface area contributed by atoms with E-state index in [4.69, 9.17) is 16.3 Å². The summed E-state index contributed by atoms with van der Waals surface area (Å²) in [4.78, 5) is 23.4. The minimum atomic E-state index is -0.302. The quantitative estimate of drug-likeness (QED) is 0.775. The van der Waals surface area contributed by atoms with Crippen molar-refractivity contribution >= 4 is 23.3 Å². The fraction of sp³-hybridized carbons (Fsp3) is 0.615. The lowest BCUT2D eigenvalue weighted by molar-refractivity contribution is -0.142. The van der Waals surface area contributed by atoms with Crippen LogP contribution >= 0.6 is 11.6 Å².